The molecule has 0 aromatic heterocycles. The Labute approximate surface area is 116 Å². The molecule has 0 aliphatic heterocycles. The number of benzene rings is 1. The molecule has 0 radical (unpaired) electrons. The van der Waals surface area contributed by atoms with E-state index in [-0.39, 0.29) is 31.7 Å². The number of rotatable bonds is 7. The van der Waals surface area contributed by atoms with Gasteiger partial charge in [-0.25, -0.2) is 17.6 Å². The Morgan fingerprint density at radius 2 is 2.05 bits per heavy atom. The molecule has 0 amide bonds. The zero-order valence-corrected chi connectivity index (χ0v) is 11.7. The monoisotopic (exact) mass is 305 g/mol. The van der Waals surface area contributed by atoms with Crippen LogP contribution in [0.1, 0.15) is 23.7 Å². The van der Waals surface area contributed by atoms with Crippen LogP contribution in [-0.2, 0) is 10.0 Å². The number of carbonyl (C=O) groups is 1. The second kappa shape index (κ2) is 6.78. The number of aliphatic hydroxyl groups is 1. The highest BCUT2D eigenvalue weighted by Gasteiger charge is 2.26. The molecule has 0 atom stereocenters. The number of carboxylic acids is 1. The fourth-order valence-corrected chi connectivity index (χ4v) is 3.21. The Morgan fingerprint density at radius 1 is 1.40 bits per heavy atom. The molecule has 6 nitrogen and oxygen atoms in total. The van der Waals surface area contributed by atoms with E-state index in [0.717, 1.165) is 16.4 Å². The number of hydrogen-bond donors (Lipinski definition) is 2. The molecule has 0 saturated heterocycles. The summed E-state index contributed by atoms with van der Waals surface area (Å²) in [5, 5.41) is 17.5. The Balaban J connectivity index is 3.17. The standard InChI is InChI=1S/C12H16FNO5S/c1-2-14(6-3-7-15)20(18,19)11-5-4-9(12(16)17)8-10(11)13/h4-5,8,15H,2-3,6-7H2,1H3,(H,16,17). The summed E-state index contributed by atoms with van der Waals surface area (Å²) < 4.78 is 39.3. The maximum absolute atomic E-state index is 13.8. The van der Waals surface area contributed by atoms with Crippen LogP contribution in [0.5, 0.6) is 0 Å². The molecule has 8 heteroatoms. The van der Waals surface area contributed by atoms with Crippen LogP contribution in [0.4, 0.5) is 4.39 Å². The fourth-order valence-electron chi connectivity index (χ4n) is 1.68. The molecule has 112 valence electrons. The van der Waals surface area contributed by atoms with Gasteiger partial charge in [-0.15, -0.1) is 0 Å². The van der Waals surface area contributed by atoms with Crippen LogP contribution in [0.25, 0.3) is 0 Å². The minimum atomic E-state index is -4.04. The molecular weight excluding hydrogens is 289 g/mol. The number of aromatic carboxylic acids is 1. The highest BCUT2D eigenvalue weighted by Crippen LogP contribution is 2.20. The summed E-state index contributed by atoms with van der Waals surface area (Å²) in [6.45, 7) is 1.61. The molecule has 20 heavy (non-hydrogen) atoms. The lowest BCUT2D eigenvalue weighted by Crippen LogP contribution is -2.33. The van der Waals surface area contributed by atoms with Crippen molar-refractivity contribution >= 4 is 16.0 Å². The molecule has 1 aromatic rings. The molecule has 2 N–H and O–H groups in total. The van der Waals surface area contributed by atoms with Crippen molar-refractivity contribution in [3.05, 3.63) is 29.6 Å². The second-order valence-electron chi connectivity index (χ2n) is 4.02. The summed E-state index contributed by atoms with van der Waals surface area (Å²) >= 11 is 0. The van der Waals surface area contributed by atoms with Crippen LogP contribution in [0.2, 0.25) is 0 Å². The van der Waals surface area contributed by atoms with Gasteiger partial charge >= 0.3 is 5.97 Å². The largest absolute Gasteiger partial charge is 0.478 e. The molecule has 1 rings (SSSR count). The number of carboxylic acid groups (broad SMARTS) is 1. The van der Waals surface area contributed by atoms with E-state index >= 15 is 0 Å². The first-order valence-corrected chi connectivity index (χ1v) is 7.42. The van der Waals surface area contributed by atoms with Gasteiger partial charge in [0.2, 0.25) is 10.0 Å². The van der Waals surface area contributed by atoms with Crippen LogP contribution < -0.4 is 0 Å². The maximum atomic E-state index is 13.8. The third-order valence-electron chi connectivity index (χ3n) is 2.71. The topological polar surface area (TPSA) is 94.9 Å². The number of halogens is 1. The van der Waals surface area contributed by atoms with Gasteiger partial charge < -0.3 is 10.2 Å². The summed E-state index contributed by atoms with van der Waals surface area (Å²) in [6.07, 6.45) is 0.238. The molecule has 0 spiro atoms. The van der Waals surface area contributed by atoms with E-state index in [4.69, 9.17) is 10.2 Å². The van der Waals surface area contributed by atoms with Crippen LogP contribution in [-0.4, -0.2) is 48.6 Å². The second-order valence-corrected chi connectivity index (χ2v) is 5.93. The van der Waals surface area contributed by atoms with Gasteiger partial charge in [-0.1, -0.05) is 6.92 Å². The molecule has 0 fully saturated rings. The smallest absolute Gasteiger partial charge is 0.335 e. The zero-order valence-electron chi connectivity index (χ0n) is 10.9. The fraction of sp³-hybridized carbons (Fsp3) is 0.417. The van der Waals surface area contributed by atoms with Crippen LogP contribution >= 0.6 is 0 Å². The summed E-state index contributed by atoms with van der Waals surface area (Å²) in [6, 6.07) is 2.66. The van der Waals surface area contributed by atoms with Gasteiger partial charge in [-0.2, -0.15) is 4.31 Å². The van der Waals surface area contributed by atoms with Crippen molar-refractivity contribution in [2.45, 2.75) is 18.2 Å². The summed E-state index contributed by atoms with van der Waals surface area (Å²) in [7, 11) is -4.04. The number of sulfonamides is 1. The van der Waals surface area contributed by atoms with Crippen molar-refractivity contribution in [1.29, 1.82) is 0 Å². The number of nitrogens with zero attached hydrogens (tertiary/aromatic N) is 1. The average molecular weight is 305 g/mol. The van der Waals surface area contributed by atoms with E-state index < -0.39 is 26.7 Å². The van der Waals surface area contributed by atoms with Crippen molar-refractivity contribution in [3.8, 4) is 0 Å². The lowest BCUT2D eigenvalue weighted by Gasteiger charge is -2.20. The lowest BCUT2D eigenvalue weighted by atomic mass is 10.2. The first-order chi connectivity index (χ1) is 9.34. The Bertz CT molecular complexity index is 588. The van der Waals surface area contributed by atoms with Crippen molar-refractivity contribution in [1.82, 2.24) is 4.31 Å². The Hall–Kier alpha value is -1.51. The predicted octanol–water partition coefficient (Wildman–Crippen LogP) is 0.917. The highest BCUT2D eigenvalue weighted by molar-refractivity contribution is 7.89. The van der Waals surface area contributed by atoms with Gasteiger partial charge in [0.15, 0.2) is 0 Å². The Morgan fingerprint density at radius 3 is 2.50 bits per heavy atom. The van der Waals surface area contributed by atoms with Gasteiger partial charge in [0.05, 0.1) is 5.56 Å². The van der Waals surface area contributed by atoms with Gasteiger partial charge in [0.25, 0.3) is 0 Å². The van der Waals surface area contributed by atoms with E-state index in [1.54, 1.807) is 6.92 Å². The minimum absolute atomic E-state index is 0.0649. The lowest BCUT2D eigenvalue weighted by molar-refractivity contribution is 0.0696. The minimum Gasteiger partial charge on any atom is -0.478 e. The zero-order chi connectivity index (χ0) is 15.3. The van der Waals surface area contributed by atoms with Crippen LogP contribution in [0.3, 0.4) is 0 Å². The molecule has 0 bridgehead atoms. The highest BCUT2D eigenvalue weighted by atomic mass is 32.2. The molecule has 1 aromatic carbocycles. The third kappa shape index (κ3) is 3.53. The third-order valence-corrected chi connectivity index (χ3v) is 4.72. The van der Waals surface area contributed by atoms with Gasteiger partial charge in [-0.05, 0) is 24.6 Å². The van der Waals surface area contributed by atoms with Crippen molar-refractivity contribution < 1.29 is 27.8 Å². The first-order valence-electron chi connectivity index (χ1n) is 5.98. The summed E-state index contributed by atoms with van der Waals surface area (Å²) in [5.74, 6) is -2.44. The number of hydrogen-bond acceptors (Lipinski definition) is 4. The molecule has 0 unspecified atom stereocenters. The molecule has 0 saturated carbocycles. The van der Waals surface area contributed by atoms with E-state index in [1.807, 2.05) is 0 Å². The summed E-state index contributed by atoms with van der Waals surface area (Å²) in [4.78, 5) is 10.1. The number of aliphatic hydroxyl groups excluding tert-OH is 1. The van der Waals surface area contributed by atoms with Crippen LogP contribution in [0, 0.1) is 5.82 Å². The van der Waals surface area contributed by atoms with Crippen LogP contribution in [0.15, 0.2) is 23.1 Å². The van der Waals surface area contributed by atoms with Gasteiger partial charge in [0.1, 0.15) is 10.7 Å². The van der Waals surface area contributed by atoms with E-state index in [9.17, 15) is 17.6 Å². The SMILES string of the molecule is CCN(CCCO)S(=O)(=O)c1ccc(C(=O)O)cc1F. The van der Waals surface area contributed by atoms with Gasteiger partial charge in [0, 0.05) is 19.7 Å². The molecule has 0 aliphatic rings. The summed E-state index contributed by atoms with van der Waals surface area (Å²) in [5.41, 5.74) is -0.320. The van der Waals surface area contributed by atoms with E-state index in [2.05, 4.69) is 0 Å². The Kier molecular flexibility index (Phi) is 5.61. The van der Waals surface area contributed by atoms with Gasteiger partial charge in [-0.3, -0.25) is 0 Å². The average Bonchev–Trinajstić information content (AvgIpc) is 2.38. The molecule has 0 heterocycles. The van der Waals surface area contributed by atoms with Crippen molar-refractivity contribution in [3.63, 3.8) is 0 Å². The maximum Gasteiger partial charge on any atom is 0.335 e. The van der Waals surface area contributed by atoms with Crippen molar-refractivity contribution in [2.24, 2.45) is 0 Å². The van der Waals surface area contributed by atoms with E-state index in [0.29, 0.717) is 6.07 Å². The normalized spacial score (nSPS) is 11.8. The molecule has 0 aliphatic carbocycles. The van der Waals surface area contributed by atoms with E-state index in [1.165, 1.54) is 0 Å². The first kappa shape index (κ1) is 16.5. The van der Waals surface area contributed by atoms with Crippen molar-refractivity contribution in [2.75, 3.05) is 19.7 Å². The molecular formula is C12H16FNO5S. The quantitative estimate of drug-likeness (QED) is 0.781. The predicted molar refractivity (Wildman–Crippen MR) is 69.5 cm³/mol.